The monoisotopic (exact) mass is 271 g/mol. The summed E-state index contributed by atoms with van der Waals surface area (Å²) in [6, 6.07) is 8.12. The van der Waals surface area contributed by atoms with E-state index in [2.05, 4.69) is 16.1 Å². The number of nitrogens with zero attached hydrogens (tertiary/aromatic N) is 3. The van der Waals surface area contributed by atoms with Crippen LogP contribution in [0.25, 0.3) is 11.4 Å². The number of aromatic nitrogens is 3. The van der Waals surface area contributed by atoms with Crippen LogP contribution in [0.3, 0.4) is 0 Å². The second kappa shape index (κ2) is 5.07. The minimum Gasteiger partial charge on any atom is -0.469 e. The molecule has 0 fully saturated rings. The normalized spacial score (nSPS) is 17.6. The SMILES string of the molecule is COC(=O)C1CCn2nc(-c3cccc(C)c3)nc2C1. The maximum absolute atomic E-state index is 11.6. The summed E-state index contributed by atoms with van der Waals surface area (Å²) in [5.41, 5.74) is 2.20. The largest absolute Gasteiger partial charge is 0.469 e. The molecule has 1 aromatic heterocycles. The van der Waals surface area contributed by atoms with Crippen molar-refractivity contribution in [3.8, 4) is 11.4 Å². The number of benzene rings is 1. The van der Waals surface area contributed by atoms with Crippen molar-refractivity contribution in [3.05, 3.63) is 35.7 Å². The van der Waals surface area contributed by atoms with E-state index in [0.29, 0.717) is 13.0 Å². The average Bonchev–Trinajstić information content (AvgIpc) is 2.89. The van der Waals surface area contributed by atoms with Crippen LogP contribution in [-0.2, 0) is 22.5 Å². The smallest absolute Gasteiger partial charge is 0.309 e. The van der Waals surface area contributed by atoms with Crippen LogP contribution in [0.1, 0.15) is 17.8 Å². The second-order valence-corrected chi connectivity index (χ2v) is 5.16. The van der Waals surface area contributed by atoms with Gasteiger partial charge in [0.25, 0.3) is 0 Å². The van der Waals surface area contributed by atoms with Gasteiger partial charge < -0.3 is 4.74 Å². The van der Waals surface area contributed by atoms with Crippen LogP contribution in [0.4, 0.5) is 0 Å². The van der Waals surface area contributed by atoms with Crippen molar-refractivity contribution in [2.75, 3.05) is 7.11 Å². The summed E-state index contributed by atoms with van der Waals surface area (Å²) in [5, 5.41) is 4.54. The summed E-state index contributed by atoms with van der Waals surface area (Å²) in [4.78, 5) is 16.2. The second-order valence-electron chi connectivity index (χ2n) is 5.16. The van der Waals surface area contributed by atoms with Gasteiger partial charge in [-0.05, 0) is 19.4 Å². The van der Waals surface area contributed by atoms with Crippen molar-refractivity contribution in [1.29, 1.82) is 0 Å². The summed E-state index contributed by atoms with van der Waals surface area (Å²) in [6.45, 7) is 2.76. The first-order valence-corrected chi connectivity index (χ1v) is 6.76. The van der Waals surface area contributed by atoms with E-state index in [1.165, 1.54) is 12.7 Å². The number of hydrogen-bond acceptors (Lipinski definition) is 4. The van der Waals surface area contributed by atoms with Gasteiger partial charge in [-0.15, -0.1) is 0 Å². The van der Waals surface area contributed by atoms with E-state index < -0.39 is 0 Å². The topological polar surface area (TPSA) is 57.0 Å². The Hall–Kier alpha value is -2.17. The summed E-state index contributed by atoms with van der Waals surface area (Å²) in [6.07, 6.45) is 1.36. The lowest BCUT2D eigenvalue weighted by molar-refractivity contribution is -0.146. The highest BCUT2D eigenvalue weighted by molar-refractivity contribution is 5.72. The lowest BCUT2D eigenvalue weighted by atomic mass is 9.98. The van der Waals surface area contributed by atoms with Gasteiger partial charge in [-0.25, -0.2) is 9.67 Å². The van der Waals surface area contributed by atoms with E-state index in [1.54, 1.807) is 0 Å². The molecule has 0 spiro atoms. The number of esters is 1. The maximum Gasteiger partial charge on any atom is 0.309 e. The van der Waals surface area contributed by atoms with Crippen LogP contribution >= 0.6 is 0 Å². The van der Waals surface area contributed by atoms with Gasteiger partial charge in [0.1, 0.15) is 5.82 Å². The molecule has 0 bridgehead atoms. The lowest BCUT2D eigenvalue weighted by Gasteiger charge is -2.19. The molecule has 0 aliphatic carbocycles. The van der Waals surface area contributed by atoms with Crippen molar-refractivity contribution in [2.45, 2.75) is 26.3 Å². The zero-order valence-corrected chi connectivity index (χ0v) is 11.7. The first-order chi connectivity index (χ1) is 9.67. The number of fused-ring (bicyclic) bond motifs is 1. The van der Waals surface area contributed by atoms with Crippen molar-refractivity contribution in [1.82, 2.24) is 14.8 Å². The third-order valence-electron chi connectivity index (χ3n) is 3.68. The summed E-state index contributed by atoms with van der Waals surface area (Å²) >= 11 is 0. The van der Waals surface area contributed by atoms with Gasteiger partial charge in [-0.1, -0.05) is 23.8 Å². The van der Waals surface area contributed by atoms with Gasteiger partial charge in [-0.2, -0.15) is 5.10 Å². The van der Waals surface area contributed by atoms with E-state index in [1.807, 2.05) is 29.8 Å². The molecule has 0 N–H and O–H groups in total. The molecule has 2 heterocycles. The van der Waals surface area contributed by atoms with Crippen molar-refractivity contribution in [2.24, 2.45) is 5.92 Å². The highest BCUT2D eigenvalue weighted by atomic mass is 16.5. The molecule has 1 unspecified atom stereocenters. The van der Waals surface area contributed by atoms with Crippen LogP contribution in [0.2, 0.25) is 0 Å². The van der Waals surface area contributed by atoms with E-state index >= 15 is 0 Å². The molecular formula is C15H17N3O2. The van der Waals surface area contributed by atoms with Gasteiger partial charge in [0, 0.05) is 18.5 Å². The Bertz CT molecular complexity index is 648. The van der Waals surface area contributed by atoms with Crippen LogP contribution in [-0.4, -0.2) is 27.8 Å². The molecule has 5 heteroatoms. The van der Waals surface area contributed by atoms with Gasteiger partial charge >= 0.3 is 5.97 Å². The fraction of sp³-hybridized carbons (Fsp3) is 0.400. The highest BCUT2D eigenvalue weighted by Crippen LogP contribution is 2.23. The summed E-state index contributed by atoms with van der Waals surface area (Å²) in [5.74, 6) is 1.34. The Morgan fingerprint density at radius 3 is 3.05 bits per heavy atom. The number of carbonyl (C=O) groups is 1. The summed E-state index contributed by atoms with van der Waals surface area (Å²) < 4.78 is 6.72. The Kier molecular flexibility index (Phi) is 3.26. The van der Waals surface area contributed by atoms with Crippen molar-refractivity contribution < 1.29 is 9.53 Å². The van der Waals surface area contributed by atoms with E-state index in [9.17, 15) is 4.79 Å². The fourth-order valence-corrected chi connectivity index (χ4v) is 2.58. The molecular weight excluding hydrogens is 254 g/mol. The molecule has 1 aliphatic heterocycles. The molecule has 0 saturated heterocycles. The molecule has 2 aromatic rings. The number of hydrogen-bond donors (Lipinski definition) is 0. The number of rotatable bonds is 2. The van der Waals surface area contributed by atoms with Gasteiger partial charge in [0.15, 0.2) is 5.82 Å². The number of ether oxygens (including phenoxy) is 1. The minimum atomic E-state index is -0.156. The highest BCUT2D eigenvalue weighted by Gasteiger charge is 2.27. The van der Waals surface area contributed by atoms with Gasteiger partial charge in [-0.3, -0.25) is 4.79 Å². The third-order valence-corrected chi connectivity index (χ3v) is 3.68. The van der Waals surface area contributed by atoms with E-state index in [0.717, 1.165) is 23.6 Å². The molecule has 20 heavy (non-hydrogen) atoms. The van der Waals surface area contributed by atoms with Crippen LogP contribution in [0.15, 0.2) is 24.3 Å². The van der Waals surface area contributed by atoms with Gasteiger partial charge in [0.05, 0.1) is 13.0 Å². The quantitative estimate of drug-likeness (QED) is 0.784. The summed E-state index contributed by atoms with van der Waals surface area (Å²) in [7, 11) is 1.43. The number of carbonyl (C=O) groups excluding carboxylic acids is 1. The molecule has 1 aliphatic rings. The average molecular weight is 271 g/mol. The predicted octanol–water partition coefficient (Wildman–Crippen LogP) is 1.99. The molecule has 5 nitrogen and oxygen atoms in total. The molecule has 104 valence electrons. The third kappa shape index (κ3) is 2.31. The Labute approximate surface area is 117 Å². The number of aryl methyl sites for hydroxylation is 2. The zero-order valence-electron chi connectivity index (χ0n) is 11.7. The first kappa shape index (κ1) is 12.8. The van der Waals surface area contributed by atoms with Crippen molar-refractivity contribution >= 4 is 5.97 Å². The minimum absolute atomic E-state index is 0.0953. The Balaban J connectivity index is 1.89. The molecule has 0 radical (unpaired) electrons. The van der Waals surface area contributed by atoms with Crippen LogP contribution < -0.4 is 0 Å². The lowest BCUT2D eigenvalue weighted by Crippen LogP contribution is -2.27. The first-order valence-electron chi connectivity index (χ1n) is 6.76. The van der Waals surface area contributed by atoms with E-state index in [-0.39, 0.29) is 11.9 Å². The van der Waals surface area contributed by atoms with Gasteiger partial charge in [0.2, 0.25) is 0 Å². The maximum atomic E-state index is 11.6. The predicted molar refractivity (Wildman–Crippen MR) is 74.0 cm³/mol. The molecule has 0 saturated carbocycles. The van der Waals surface area contributed by atoms with Crippen molar-refractivity contribution in [3.63, 3.8) is 0 Å². The Morgan fingerprint density at radius 2 is 2.30 bits per heavy atom. The fourth-order valence-electron chi connectivity index (χ4n) is 2.58. The molecule has 1 aromatic carbocycles. The molecule has 1 atom stereocenters. The van der Waals surface area contributed by atoms with Crippen LogP contribution in [0.5, 0.6) is 0 Å². The van der Waals surface area contributed by atoms with Crippen LogP contribution in [0, 0.1) is 12.8 Å². The standard InChI is InChI=1S/C15H17N3O2/c1-10-4-3-5-11(8-10)14-16-13-9-12(15(19)20-2)6-7-18(13)17-14/h3-5,8,12H,6-7,9H2,1-2H3. The Morgan fingerprint density at radius 1 is 1.45 bits per heavy atom. The van der Waals surface area contributed by atoms with E-state index in [4.69, 9.17) is 4.74 Å². The zero-order chi connectivity index (χ0) is 14.1. The molecule has 3 rings (SSSR count). The number of methoxy groups -OCH3 is 1. The molecule has 0 amide bonds.